The second-order valence-corrected chi connectivity index (χ2v) is 19.6. The normalized spacial score (nSPS) is 12.7. The van der Waals surface area contributed by atoms with Crippen molar-refractivity contribution >= 4 is 44.2 Å². The average Bonchev–Trinajstić information content (AvgIpc) is 2.42. The first-order valence-corrected chi connectivity index (χ1v) is 15.8. The highest BCUT2D eigenvalue weighted by Gasteiger charge is 2.37. The second-order valence-electron chi connectivity index (χ2n) is 7.64. The molecule has 0 fully saturated rings. The summed E-state index contributed by atoms with van der Waals surface area (Å²) < 4.78 is 0. The van der Waals surface area contributed by atoms with Gasteiger partial charge in [0.15, 0.2) is 8.07 Å². The lowest BCUT2D eigenvalue weighted by molar-refractivity contribution is -0.115. The highest BCUT2D eigenvalue weighted by molar-refractivity contribution is 8.15. The Kier molecular flexibility index (Phi) is 6.89. The molecule has 0 aliphatic carbocycles. The second kappa shape index (κ2) is 8.01. The Hall–Kier alpha value is -1.28. The van der Waals surface area contributed by atoms with Crippen molar-refractivity contribution in [2.45, 2.75) is 39.3 Å². The van der Waals surface area contributed by atoms with E-state index >= 15 is 0 Å². The van der Waals surface area contributed by atoms with Crippen molar-refractivity contribution < 1.29 is 9.58 Å². The SMILES string of the molecule is C[Si](C)(C)CSC(=NC(=O)C(=[N+]=[N-])[Si](C)(C)C)c1ccccc1. The molecule has 0 N–H and O–H groups in total. The molecule has 0 saturated heterocycles. The Morgan fingerprint density at radius 1 is 1.13 bits per heavy atom. The highest BCUT2D eigenvalue weighted by atomic mass is 32.2. The molecule has 0 aliphatic heterocycles. The minimum atomic E-state index is -2.03. The summed E-state index contributed by atoms with van der Waals surface area (Å²) in [6.07, 6.45) is 0. The lowest BCUT2D eigenvalue weighted by Gasteiger charge is -2.16. The molecule has 124 valence electrons. The number of rotatable bonds is 5. The van der Waals surface area contributed by atoms with Gasteiger partial charge in [-0.2, -0.15) is 9.78 Å². The fraction of sp³-hybridized carbons (Fsp3) is 0.438. The minimum Gasteiger partial charge on any atom is -0.362 e. The molecule has 1 aromatic carbocycles. The number of aliphatic imine (C=N–C) groups is 1. The van der Waals surface area contributed by atoms with Crippen LogP contribution in [0.25, 0.3) is 5.53 Å². The van der Waals surface area contributed by atoms with Gasteiger partial charge in [0.2, 0.25) is 0 Å². The zero-order chi connectivity index (χ0) is 17.7. The summed E-state index contributed by atoms with van der Waals surface area (Å²) in [5.74, 6) is -0.423. The number of hydrogen-bond donors (Lipinski definition) is 0. The zero-order valence-electron chi connectivity index (χ0n) is 14.8. The Bertz CT molecular complexity index is 640. The van der Waals surface area contributed by atoms with Crippen LogP contribution < -0.4 is 0 Å². The van der Waals surface area contributed by atoms with E-state index in [4.69, 9.17) is 0 Å². The molecular formula is C16H25N3OSSi2. The Morgan fingerprint density at radius 2 is 1.70 bits per heavy atom. The van der Waals surface area contributed by atoms with Gasteiger partial charge in [0.25, 0.3) is 0 Å². The summed E-state index contributed by atoms with van der Waals surface area (Å²) in [5.41, 5.74) is 10.1. The third kappa shape index (κ3) is 6.78. The molecule has 0 atom stereocenters. The Balaban J connectivity index is 3.18. The van der Waals surface area contributed by atoms with E-state index in [-0.39, 0.29) is 5.33 Å². The van der Waals surface area contributed by atoms with E-state index in [1.807, 2.05) is 50.0 Å². The summed E-state index contributed by atoms with van der Waals surface area (Å²) in [7, 11) is -3.31. The standard InChI is InChI=1S/C16H25N3OSSi2/c1-22(2,3)12-21-15(13-10-8-7-9-11-13)18-14(20)16(19-17)23(4,5)6/h7-11H,12H2,1-6H3. The van der Waals surface area contributed by atoms with Crippen molar-refractivity contribution in [3.8, 4) is 0 Å². The monoisotopic (exact) mass is 363 g/mol. The van der Waals surface area contributed by atoms with Gasteiger partial charge in [0.1, 0.15) is 5.04 Å². The van der Waals surface area contributed by atoms with Gasteiger partial charge in [-0.05, 0) is 5.38 Å². The van der Waals surface area contributed by atoms with E-state index in [9.17, 15) is 10.3 Å². The fourth-order valence-electron chi connectivity index (χ4n) is 1.70. The molecule has 7 heteroatoms. The largest absolute Gasteiger partial charge is 0.362 e. The Labute approximate surface area is 145 Å². The zero-order valence-corrected chi connectivity index (χ0v) is 17.6. The van der Waals surface area contributed by atoms with E-state index in [0.717, 1.165) is 10.9 Å². The number of amides is 1. The summed E-state index contributed by atoms with van der Waals surface area (Å²) in [6.45, 7) is 12.7. The minimum absolute atomic E-state index is 0.208. The molecule has 1 rings (SSSR count). The molecule has 0 saturated carbocycles. The van der Waals surface area contributed by atoms with E-state index in [1.54, 1.807) is 11.8 Å². The maximum absolute atomic E-state index is 12.5. The molecule has 0 bridgehead atoms. The molecule has 1 aromatic rings. The van der Waals surface area contributed by atoms with Crippen LogP contribution in [0.4, 0.5) is 0 Å². The van der Waals surface area contributed by atoms with Gasteiger partial charge >= 0.3 is 11.2 Å². The fourth-order valence-corrected chi connectivity index (χ4v) is 5.43. The summed E-state index contributed by atoms with van der Waals surface area (Å²) in [6, 6.07) is 9.71. The van der Waals surface area contributed by atoms with Gasteiger partial charge in [0, 0.05) is 5.56 Å². The number of benzene rings is 1. The van der Waals surface area contributed by atoms with Crippen LogP contribution in [0, 0.1) is 0 Å². The number of nitrogens with zero attached hydrogens (tertiary/aromatic N) is 3. The van der Waals surface area contributed by atoms with E-state index in [0.29, 0.717) is 5.04 Å². The van der Waals surface area contributed by atoms with E-state index in [1.165, 1.54) is 0 Å². The van der Waals surface area contributed by atoms with Crippen LogP contribution in [0.3, 0.4) is 0 Å². The summed E-state index contributed by atoms with van der Waals surface area (Å²) in [4.78, 5) is 20.0. The molecular weight excluding hydrogens is 338 g/mol. The predicted molar refractivity (Wildman–Crippen MR) is 106 cm³/mol. The number of carbonyl (C=O) groups excluding carboxylic acids is 1. The molecule has 4 nitrogen and oxygen atoms in total. The van der Waals surface area contributed by atoms with Crippen molar-refractivity contribution in [2.75, 3.05) is 5.38 Å². The molecule has 0 unspecified atom stereocenters. The van der Waals surface area contributed by atoms with Gasteiger partial charge in [-0.25, -0.2) is 0 Å². The third-order valence-corrected chi connectivity index (χ3v) is 9.26. The van der Waals surface area contributed by atoms with Gasteiger partial charge in [0.05, 0.1) is 8.07 Å². The number of thioether (sulfide) groups is 1. The molecule has 0 spiro atoms. The first-order valence-electron chi connectivity index (χ1n) is 7.58. The van der Waals surface area contributed by atoms with Crippen LogP contribution in [0.15, 0.2) is 35.3 Å². The Morgan fingerprint density at radius 3 is 2.13 bits per heavy atom. The summed E-state index contributed by atoms with van der Waals surface area (Å²) >= 11 is 1.62. The van der Waals surface area contributed by atoms with Crippen LogP contribution in [-0.4, -0.2) is 42.6 Å². The van der Waals surface area contributed by atoms with Crippen LogP contribution in [-0.2, 0) is 4.79 Å². The van der Waals surface area contributed by atoms with Crippen LogP contribution in [0.2, 0.25) is 39.3 Å². The first kappa shape index (κ1) is 19.8. The van der Waals surface area contributed by atoms with Crippen molar-refractivity contribution in [2.24, 2.45) is 4.99 Å². The van der Waals surface area contributed by atoms with Crippen LogP contribution in [0.5, 0.6) is 0 Å². The molecule has 0 aliphatic rings. The first-order chi connectivity index (χ1) is 10.5. The molecule has 0 aromatic heterocycles. The third-order valence-electron chi connectivity index (χ3n) is 2.88. The predicted octanol–water partition coefficient (Wildman–Crippen LogP) is 4.12. The van der Waals surface area contributed by atoms with Gasteiger partial charge in [-0.15, -0.1) is 11.8 Å². The van der Waals surface area contributed by atoms with Gasteiger partial charge in [-0.3, -0.25) is 4.79 Å². The number of hydrogen-bond acceptors (Lipinski definition) is 2. The number of carbonyl (C=O) groups is 1. The van der Waals surface area contributed by atoms with E-state index in [2.05, 4.69) is 29.4 Å². The maximum Gasteiger partial charge on any atom is 0.349 e. The molecule has 1 amide bonds. The summed E-state index contributed by atoms with van der Waals surface area (Å²) in [5, 5.41) is 1.89. The lowest BCUT2D eigenvalue weighted by Crippen LogP contribution is -2.40. The van der Waals surface area contributed by atoms with Crippen molar-refractivity contribution in [1.29, 1.82) is 0 Å². The smallest absolute Gasteiger partial charge is 0.349 e. The van der Waals surface area contributed by atoms with E-state index < -0.39 is 22.1 Å². The molecule has 0 heterocycles. The van der Waals surface area contributed by atoms with Crippen molar-refractivity contribution in [3.63, 3.8) is 0 Å². The van der Waals surface area contributed by atoms with Crippen LogP contribution >= 0.6 is 11.8 Å². The van der Waals surface area contributed by atoms with Gasteiger partial charge < -0.3 is 5.53 Å². The van der Waals surface area contributed by atoms with Gasteiger partial charge in [-0.1, -0.05) is 69.6 Å². The molecule has 0 radical (unpaired) electrons. The van der Waals surface area contributed by atoms with Crippen molar-refractivity contribution in [1.82, 2.24) is 0 Å². The molecule has 23 heavy (non-hydrogen) atoms. The average molecular weight is 364 g/mol. The quantitative estimate of drug-likeness (QED) is 0.260. The lowest BCUT2D eigenvalue weighted by atomic mass is 10.2. The van der Waals surface area contributed by atoms with Crippen molar-refractivity contribution in [3.05, 3.63) is 41.4 Å². The topological polar surface area (TPSA) is 65.8 Å². The van der Waals surface area contributed by atoms with Crippen LogP contribution in [0.1, 0.15) is 5.56 Å². The highest BCUT2D eigenvalue weighted by Crippen LogP contribution is 2.19. The maximum atomic E-state index is 12.5.